The molecule has 2 rings (SSSR count). The van der Waals surface area contributed by atoms with E-state index in [0.29, 0.717) is 12.2 Å². The van der Waals surface area contributed by atoms with Crippen molar-refractivity contribution < 1.29 is 9.13 Å². The third-order valence-corrected chi connectivity index (χ3v) is 4.67. The Morgan fingerprint density at radius 2 is 1.85 bits per heavy atom. The second kappa shape index (κ2) is 6.92. The largest absolute Gasteiger partial charge is 0.494 e. The Morgan fingerprint density at radius 1 is 1.10 bits per heavy atom. The molecule has 106 valence electrons. The minimum Gasteiger partial charge on any atom is -0.494 e. The Kier molecular flexibility index (Phi) is 5.47. The van der Waals surface area contributed by atoms with Crippen LogP contribution in [0.4, 0.5) is 4.39 Å². The van der Waals surface area contributed by atoms with Crippen LogP contribution in [0.1, 0.15) is 23.4 Å². The summed E-state index contributed by atoms with van der Waals surface area (Å²) in [6, 6.07) is 10.1. The molecule has 0 spiro atoms. The summed E-state index contributed by atoms with van der Waals surface area (Å²) in [5.74, 6) is 0.459. The highest BCUT2D eigenvalue weighted by atomic mass is 79.9. The molecule has 0 bridgehead atoms. The van der Waals surface area contributed by atoms with Crippen LogP contribution in [-0.2, 0) is 0 Å². The van der Waals surface area contributed by atoms with E-state index in [1.165, 1.54) is 12.1 Å². The highest BCUT2D eigenvalue weighted by molar-refractivity contribution is 9.10. The van der Waals surface area contributed by atoms with Crippen LogP contribution in [0, 0.1) is 5.82 Å². The van der Waals surface area contributed by atoms with Crippen molar-refractivity contribution in [2.75, 3.05) is 6.61 Å². The lowest BCUT2D eigenvalue weighted by Gasteiger charge is -2.15. The van der Waals surface area contributed by atoms with Gasteiger partial charge in [0, 0.05) is 8.95 Å². The van der Waals surface area contributed by atoms with Crippen molar-refractivity contribution in [3.8, 4) is 5.75 Å². The molecule has 0 heterocycles. The Balaban J connectivity index is 2.38. The molecule has 0 amide bonds. The predicted octanol–water partition coefficient (Wildman–Crippen LogP) is 6.08. The molecule has 0 saturated heterocycles. The van der Waals surface area contributed by atoms with Crippen LogP contribution in [0.2, 0.25) is 0 Å². The average Bonchev–Trinajstić information content (AvgIpc) is 2.41. The molecule has 5 heteroatoms. The predicted molar refractivity (Wildman–Crippen MR) is 87.1 cm³/mol. The fourth-order valence-electron chi connectivity index (χ4n) is 1.85. The van der Waals surface area contributed by atoms with Crippen molar-refractivity contribution in [2.45, 2.75) is 12.3 Å². The molecule has 0 aliphatic carbocycles. The first-order chi connectivity index (χ1) is 9.52. The molecule has 2 aromatic carbocycles. The summed E-state index contributed by atoms with van der Waals surface area (Å²) in [6.45, 7) is 2.53. The summed E-state index contributed by atoms with van der Waals surface area (Å²) >= 11 is 13.4. The molecule has 1 atom stereocenters. The topological polar surface area (TPSA) is 9.23 Å². The van der Waals surface area contributed by atoms with Gasteiger partial charge in [-0.2, -0.15) is 0 Å². The second-order valence-corrected chi connectivity index (χ2v) is 6.29. The lowest BCUT2D eigenvalue weighted by atomic mass is 10.0. The summed E-state index contributed by atoms with van der Waals surface area (Å²) in [7, 11) is 0. The molecule has 0 N–H and O–H groups in total. The second-order valence-electron chi connectivity index (χ2n) is 4.14. The fraction of sp³-hybridized carbons (Fsp3) is 0.200. The van der Waals surface area contributed by atoms with Crippen LogP contribution in [0.25, 0.3) is 0 Å². The van der Waals surface area contributed by atoms with E-state index in [9.17, 15) is 4.39 Å². The highest BCUT2D eigenvalue weighted by Gasteiger charge is 2.18. The van der Waals surface area contributed by atoms with Crippen LogP contribution < -0.4 is 4.74 Å². The molecule has 0 fully saturated rings. The van der Waals surface area contributed by atoms with Crippen LogP contribution >= 0.6 is 43.5 Å². The zero-order valence-electron chi connectivity index (χ0n) is 10.7. The van der Waals surface area contributed by atoms with Crippen molar-refractivity contribution in [3.63, 3.8) is 0 Å². The summed E-state index contributed by atoms with van der Waals surface area (Å²) in [5, 5.41) is -0.454. The van der Waals surface area contributed by atoms with Gasteiger partial charge in [0.15, 0.2) is 0 Å². The molecule has 0 radical (unpaired) electrons. The van der Waals surface area contributed by atoms with E-state index in [2.05, 4.69) is 31.9 Å². The van der Waals surface area contributed by atoms with E-state index in [1.807, 2.05) is 25.1 Å². The summed E-state index contributed by atoms with van der Waals surface area (Å²) in [6.07, 6.45) is 0. The van der Waals surface area contributed by atoms with E-state index in [4.69, 9.17) is 16.3 Å². The first-order valence-corrected chi connectivity index (χ1v) is 8.06. The first kappa shape index (κ1) is 15.8. The van der Waals surface area contributed by atoms with Gasteiger partial charge in [-0.05, 0) is 48.4 Å². The van der Waals surface area contributed by atoms with Gasteiger partial charge in [-0.3, -0.25) is 0 Å². The minimum absolute atomic E-state index is 0.309. The number of rotatable bonds is 4. The monoisotopic (exact) mass is 420 g/mol. The van der Waals surface area contributed by atoms with Crippen LogP contribution in [-0.4, -0.2) is 6.61 Å². The maximum absolute atomic E-state index is 13.4. The number of alkyl halides is 1. The molecular weight excluding hydrogens is 410 g/mol. The van der Waals surface area contributed by atoms with E-state index in [1.54, 1.807) is 6.07 Å². The average molecular weight is 423 g/mol. The third-order valence-electron chi connectivity index (χ3n) is 2.79. The van der Waals surface area contributed by atoms with Gasteiger partial charge in [-0.1, -0.05) is 37.9 Å². The maximum Gasteiger partial charge on any atom is 0.123 e. The summed E-state index contributed by atoms with van der Waals surface area (Å²) < 4.78 is 20.4. The molecule has 2 aromatic rings. The zero-order valence-corrected chi connectivity index (χ0v) is 14.6. The number of halogens is 4. The summed E-state index contributed by atoms with van der Waals surface area (Å²) in [5.41, 5.74) is 1.55. The smallest absolute Gasteiger partial charge is 0.123 e. The van der Waals surface area contributed by atoms with Crippen LogP contribution in [0.5, 0.6) is 5.75 Å². The van der Waals surface area contributed by atoms with Crippen LogP contribution in [0.3, 0.4) is 0 Å². The molecule has 1 nitrogen and oxygen atoms in total. The fourth-order valence-corrected chi connectivity index (χ4v) is 3.54. The van der Waals surface area contributed by atoms with Gasteiger partial charge in [0.1, 0.15) is 11.6 Å². The molecule has 1 unspecified atom stereocenters. The van der Waals surface area contributed by atoms with Gasteiger partial charge in [0.05, 0.1) is 12.0 Å². The molecule has 0 aliphatic rings. The zero-order chi connectivity index (χ0) is 14.7. The maximum atomic E-state index is 13.4. The van der Waals surface area contributed by atoms with E-state index < -0.39 is 5.38 Å². The van der Waals surface area contributed by atoms with Gasteiger partial charge in [0.25, 0.3) is 0 Å². The number of hydrogen-bond acceptors (Lipinski definition) is 1. The van der Waals surface area contributed by atoms with Gasteiger partial charge >= 0.3 is 0 Å². The standard InChI is InChI=1S/C15H12Br2ClFO/c1-2-20-10-4-5-11(14(17)8-10)15(18)12-7-9(19)3-6-13(12)16/h3-8,15H,2H2,1H3. The third kappa shape index (κ3) is 3.54. The van der Waals surface area contributed by atoms with Gasteiger partial charge in [-0.25, -0.2) is 4.39 Å². The lowest BCUT2D eigenvalue weighted by molar-refractivity contribution is 0.340. The van der Waals surface area contributed by atoms with Crippen LogP contribution in [0.15, 0.2) is 45.3 Å². The number of hydrogen-bond donors (Lipinski definition) is 0. The van der Waals surface area contributed by atoms with Crippen molar-refractivity contribution in [2.24, 2.45) is 0 Å². The normalized spacial score (nSPS) is 12.2. The number of benzene rings is 2. The SMILES string of the molecule is CCOc1ccc(C(Cl)c2cc(F)ccc2Br)c(Br)c1. The summed E-state index contributed by atoms with van der Waals surface area (Å²) in [4.78, 5) is 0. The molecule has 20 heavy (non-hydrogen) atoms. The van der Waals surface area contributed by atoms with Crippen molar-refractivity contribution in [3.05, 3.63) is 62.3 Å². The molecular formula is C15H12Br2ClFO. The van der Waals surface area contributed by atoms with E-state index in [-0.39, 0.29) is 5.82 Å². The Labute approximate surface area is 139 Å². The minimum atomic E-state index is -0.454. The van der Waals surface area contributed by atoms with E-state index >= 15 is 0 Å². The quantitative estimate of drug-likeness (QED) is 0.543. The van der Waals surface area contributed by atoms with Gasteiger partial charge in [0.2, 0.25) is 0 Å². The highest BCUT2D eigenvalue weighted by Crippen LogP contribution is 2.38. The van der Waals surface area contributed by atoms with Crippen molar-refractivity contribution in [1.82, 2.24) is 0 Å². The Morgan fingerprint density at radius 3 is 2.50 bits per heavy atom. The van der Waals surface area contributed by atoms with Crippen molar-refractivity contribution in [1.29, 1.82) is 0 Å². The lowest BCUT2D eigenvalue weighted by Crippen LogP contribution is -1.98. The Bertz CT molecular complexity index is 619. The Hall–Kier alpha value is -0.580. The molecule has 0 aliphatic heterocycles. The van der Waals surface area contributed by atoms with Gasteiger partial charge in [-0.15, -0.1) is 11.6 Å². The van der Waals surface area contributed by atoms with E-state index in [0.717, 1.165) is 20.3 Å². The van der Waals surface area contributed by atoms with Gasteiger partial charge < -0.3 is 4.74 Å². The molecule has 0 saturated carbocycles. The van der Waals surface area contributed by atoms with Crippen molar-refractivity contribution >= 4 is 43.5 Å². The number of ether oxygens (including phenoxy) is 1. The first-order valence-electron chi connectivity index (χ1n) is 6.04. The molecule has 0 aromatic heterocycles.